The van der Waals surface area contributed by atoms with E-state index in [4.69, 9.17) is 0 Å². The van der Waals surface area contributed by atoms with Crippen molar-refractivity contribution >= 4 is 15.9 Å². The first kappa shape index (κ1) is 9.34. The smallest absolute Gasteiger partial charge is 0.115 e. The number of benzene rings is 1. The van der Waals surface area contributed by atoms with Crippen molar-refractivity contribution in [2.75, 3.05) is 0 Å². The Balaban J connectivity index is 2.42. The van der Waals surface area contributed by atoms with Gasteiger partial charge in [-0.1, -0.05) is 40.2 Å². The van der Waals surface area contributed by atoms with Gasteiger partial charge < -0.3 is 0 Å². The molecule has 0 aliphatic rings. The molecule has 70 valence electrons. The summed E-state index contributed by atoms with van der Waals surface area (Å²) in [4.78, 5) is 7.99. The molecular formula is C11H9BrN2. The summed E-state index contributed by atoms with van der Waals surface area (Å²) >= 11 is 3.43. The third-order valence-electron chi connectivity index (χ3n) is 1.98. The number of halogens is 1. The molecule has 2 rings (SSSR count). The number of hydrogen-bond acceptors (Lipinski definition) is 2. The summed E-state index contributed by atoms with van der Waals surface area (Å²) in [6, 6.07) is 8.32. The van der Waals surface area contributed by atoms with Crippen LogP contribution in [-0.2, 0) is 5.33 Å². The molecule has 0 radical (unpaired) electrons. The van der Waals surface area contributed by atoms with Gasteiger partial charge in [0.05, 0.1) is 0 Å². The molecule has 0 N–H and O–H groups in total. The quantitative estimate of drug-likeness (QED) is 0.764. The Labute approximate surface area is 91.2 Å². The number of alkyl halides is 1. The highest BCUT2D eigenvalue weighted by atomic mass is 79.9. The van der Waals surface area contributed by atoms with Crippen molar-refractivity contribution in [3.05, 3.63) is 48.5 Å². The van der Waals surface area contributed by atoms with Crippen molar-refractivity contribution in [3.63, 3.8) is 0 Å². The third-order valence-corrected chi connectivity index (χ3v) is 2.62. The van der Waals surface area contributed by atoms with Crippen LogP contribution in [0.25, 0.3) is 11.1 Å². The molecule has 0 aliphatic carbocycles. The van der Waals surface area contributed by atoms with Gasteiger partial charge in [0.1, 0.15) is 6.33 Å². The Bertz CT molecular complexity index is 415. The molecular weight excluding hydrogens is 240 g/mol. The van der Waals surface area contributed by atoms with E-state index in [2.05, 4.69) is 44.1 Å². The zero-order chi connectivity index (χ0) is 9.80. The van der Waals surface area contributed by atoms with Gasteiger partial charge in [-0.05, 0) is 11.1 Å². The van der Waals surface area contributed by atoms with E-state index in [0.717, 1.165) is 16.5 Å². The van der Waals surface area contributed by atoms with Gasteiger partial charge in [-0.2, -0.15) is 0 Å². The first-order valence-electron chi connectivity index (χ1n) is 4.30. The Morgan fingerprint density at radius 3 is 2.57 bits per heavy atom. The fourth-order valence-electron chi connectivity index (χ4n) is 1.28. The van der Waals surface area contributed by atoms with E-state index >= 15 is 0 Å². The normalized spacial score (nSPS) is 10.1. The van der Waals surface area contributed by atoms with Crippen LogP contribution in [0.1, 0.15) is 5.56 Å². The highest BCUT2D eigenvalue weighted by Gasteiger charge is 1.98. The van der Waals surface area contributed by atoms with E-state index in [9.17, 15) is 0 Å². The minimum absolute atomic E-state index is 0.870. The summed E-state index contributed by atoms with van der Waals surface area (Å²) in [5.41, 5.74) is 3.46. The molecule has 0 unspecified atom stereocenters. The average Bonchev–Trinajstić information content (AvgIpc) is 2.30. The van der Waals surface area contributed by atoms with Crippen molar-refractivity contribution in [3.8, 4) is 11.1 Å². The van der Waals surface area contributed by atoms with Gasteiger partial charge in [-0.3, -0.25) is 0 Å². The van der Waals surface area contributed by atoms with Crippen LogP contribution in [-0.4, -0.2) is 9.97 Å². The third kappa shape index (κ3) is 1.99. The van der Waals surface area contributed by atoms with Gasteiger partial charge >= 0.3 is 0 Å². The number of nitrogens with zero attached hydrogens (tertiary/aromatic N) is 2. The van der Waals surface area contributed by atoms with Crippen LogP contribution >= 0.6 is 15.9 Å². The van der Waals surface area contributed by atoms with Gasteiger partial charge in [-0.15, -0.1) is 0 Å². The lowest BCUT2D eigenvalue weighted by Crippen LogP contribution is -1.83. The highest BCUT2D eigenvalue weighted by molar-refractivity contribution is 9.08. The number of aromatic nitrogens is 2. The molecule has 0 aliphatic heterocycles. The van der Waals surface area contributed by atoms with Crippen LogP contribution in [0.15, 0.2) is 43.0 Å². The Morgan fingerprint density at radius 1 is 1.07 bits per heavy atom. The fourth-order valence-corrected chi connectivity index (χ4v) is 1.63. The van der Waals surface area contributed by atoms with Crippen LogP contribution in [0, 0.1) is 0 Å². The largest absolute Gasteiger partial charge is 0.244 e. The summed E-state index contributed by atoms with van der Waals surface area (Å²) in [6.45, 7) is 0. The summed E-state index contributed by atoms with van der Waals surface area (Å²) < 4.78 is 0. The predicted octanol–water partition coefficient (Wildman–Crippen LogP) is 3.04. The molecule has 0 fully saturated rings. The lowest BCUT2D eigenvalue weighted by Gasteiger charge is -2.01. The lowest BCUT2D eigenvalue weighted by molar-refractivity contribution is 1.17. The van der Waals surface area contributed by atoms with E-state index in [1.54, 1.807) is 0 Å². The second-order valence-electron chi connectivity index (χ2n) is 2.96. The predicted molar refractivity (Wildman–Crippen MR) is 60.1 cm³/mol. The maximum absolute atomic E-state index is 3.99. The molecule has 3 heteroatoms. The standard InChI is InChI=1S/C11H9BrN2/c12-5-9-2-1-3-10(4-9)11-6-13-8-14-7-11/h1-4,6-8H,5H2. The van der Waals surface area contributed by atoms with Gasteiger partial charge in [0.25, 0.3) is 0 Å². The van der Waals surface area contributed by atoms with Crippen LogP contribution in [0.2, 0.25) is 0 Å². The van der Waals surface area contributed by atoms with Crippen LogP contribution in [0.5, 0.6) is 0 Å². The molecule has 0 amide bonds. The molecule has 0 atom stereocenters. The maximum Gasteiger partial charge on any atom is 0.115 e. The number of rotatable bonds is 2. The molecule has 0 bridgehead atoms. The molecule has 2 aromatic rings. The summed E-state index contributed by atoms with van der Waals surface area (Å²) in [6.07, 6.45) is 5.18. The van der Waals surface area contributed by atoms with Gasteiger partial charge in [-0.25, -0.2) is 9.97 Å². The summed E-state index contributed by atoms with van der Waals surface area (Å²) in [7, 11) is 0. The Hall–Kier alpha value is -1.22. The molecule has 1 aromatic carbocycles. The second-order valence-corrected chi connectivity index (χ2v) is 3.52. The van der Waals surface area contributed by atoms with Gasteiger partial charge in [0.15, 0.2) is 0 Å². The Kier molecular flexibility index (Phi) is 2.89. The molecule has 1 heterocycles. The van der Waals surface area contributed by atoms with Crippen molar-refractivity contribution in [2.45, 2.75) is 5.33 Å². The number of hydrogen-bond donors (Lipinski definition) is 0. The van der Waals surface area contributed by atoms with Crippen LogP contribution in [0.3, 0.4) is 0 Å². The molecule has 14 heavy (non-hydrogen) atoms. The van der Waals surface area contributed by atoms with Crippen molar-refractivity contribution in [1.82, 2.24) is 9.97 Å². The molecule has 0 spiro atoms. The molecule has 0 saturated carbocycles. The van der Waals surface area contributed by atoms with Crippen molar-refractivity contribution < 1.29 is 0 Å². The maximum atomic E-state index is 3.99. The van der Waals surface area contributed by atoms with E-state index in [1.165, 1.54) is 11.9 Å². The summed E-state index contributed by atoms with van der Waals surface area (Å²) in [5, 5.41) is 0.870. The van der Waals surface area contributed by atoms with Gasteiger partial charge in [0.2, 0.25) is 0 Å². The first-order chi connectivity index (χ1) is 6.90. The molecule has 2 nitrogen and oxygen atoms in total. The van der Waals surface area contributed by atoms with E-state index in [0.29, 0.717) is 0 Å². The topological polar surface area (TPSA) is 25.8 Å². The van der Waals surface area contributed by atoms with E-state index < -0.39 is 0 Å². The zero-order valence-corrected chi connectivity index (χ0v) is 9.11. The highest BCUT2D eigenvalue weighted by Crippen LogP contribution is 2.19. The van der Waals surface area contributed by atoms with Gasteiger partial charge in [0, 0.05) is 23.3 Å². The fraction of sp³-hybridized carbons (Fsp3) is 0.0909. The summed E-state index contributed by atoms with van der Waals surface area (Å²) in [5.74, 6) is 0. The molecule has 0 saturated heterocycles. The molecule has 1 aromatic heterocycles. The first-order valence-corrected chi connectivity index (χ1v) is 5.42. The zero-order valence-electron chi connectivity index (χ0n) is 7.52. The van der Waals surface area contributed by atoms with Crippen molar-refractivity contribution in [1.29, 1.82) is 0 Å². The monoisotopic (exact) mass is 248 g/mol. The minimum Gasteiger partial charge on any atom is -0.244 e. The average molecular weight is 249 g/mol. The second kappa shape index (κ2) is 4.33. The SMILES string of the molecule is BrCc1cccc(-c2cncnc2)c1. The van der Waals surface area contributed by atoms with Crippen LogP contribution < -0.4 is 0 Å². The Morgan fingerprint density at radius 2 is 1.86 bits per heavy atom. The minimum atomic E-state index is 0.870. The van der Waals surface area contributed by atoms with Crippen LogP contribution in [0.4, 0.5) is 0 Å². The van der Waals surface area contributed by atoms with Crippen molar-refractivity contribution in [2.24, 2.45) is 0 Å². The van der Waals surface area contributed by atoms with E-state index in [1.807, 2.05) is 18.5 Å². The van der Waals surface area contributed by atoms with E-state index in [-0.39, 0.29) is 0 Å². The lowest BCUT2D eigenvalue weighted by atomic mass is 10.1.